The maximum Gasteiger partial charge on any atom is 0.235 e. The molecule has 1 N–H and O–H groups in total. The number of likely N-dealkylation sites (tertiary alicyclic amines) is 1. The average molecular weight is 358 g/mol. The van der Waals surface area contributed by atoms with Crippen LogP contribution in [0.15, 0.2) is 36.7 Å². The Balaban J connectivity index is 1.71. The Labute approximate surface area is 154 Å². The minimum absolute atomic E-state index is 0.0251. The highest BCUT2D eigenvalue weighted by atomic mass is 19.1. The van der Waals surface area contributed by atoms with Gasteiger partial charge in [-0.15, -0.1) is 0 Å². The van der Waals surface area contributed by atoms with Crippen LogP contribution in [0, 0.1) is 5.82 Å². The van der Waals surface area contributed by atoms with Gasteiger partial charge in [0.25, 0.3) is 0 Å². The molecule has 0 bridgehead atoms. The van der Waals surface area contributed by atoms with E-state index in [1.807, 2.05) is 17.8 Å². The molecule has 1 aliphatic heterocycles. The average Bonchev–Trinajstić information content (AvgIpc) is 3.02. The minimum Gasteiger partial charge on any atom is -0.341 e. The van der Waals surface area contributed by atoms with Crippen molar-refractivity contribution in [2.24, 2.45) is 7.05 Å². The van der Waals surface area contributed by atoms with E-state index in [9.17, 15) is 9.18 Å². The van der Waals surface area contributed by atoms with Crippen molar-refractivity contribution in [2.75, 3.05) is 19.6 Å². The maximum atomic E-state index is 13.3. The van der Waals surface area contributed by atoms with Crippen LogP contribution < -0.4 is 5.32 Å². The lowest BCUT2D eigenvalue weighted by Gasteiger charge is -2.25. The van der Waals surface area contributed by atoms with Crippen LogP contribution >= 0.6 is 0 Å². The Morgan fingerprint density at radius 2 is 1.81 bits per heavy atom. The predicted octanol–water partition coefficient (Wildman–Crippen LogP) is 3.03. The molecule has 6 heteroatoms. The van der Waals surface area contributed by atoms with Gasteiger partial charge in [-0.3, -0.25) is 9.69 Å². The highest BCUT2D eigenvalue weighted by molar-refractivity contribution is 5.78. The Morgan fingerprint density at radius 3 is 2.42 bits per heavy atom. The summed E-state index contributed by atoms with van der Waals surface area (Å²) in [7, 11) is 1.89. The van der Waals surface area contributed by atoms with Crippen LogP contribution in [0.5, 0.6) is 0 Å². The fraction of sp³-hybridized carbons (Fsp3) is 0.500. The smallest absolute Gasteiger partial charge is 0.235 e. The van der Waals surface area contributed by atoms with Crippen molar-refractivity contribution >= 4 is 5.91 Å². The van der Waals surface area contributed by atoms with Gasteiger partial charge in [-0.2, -0.15) is 0 Å². The van der Waals surface area contributed by atoms with Crippen LogP contribution in [0.4, 0.5) is 4.39 Å². The Bertz CT molecular complexity index is 705. The molecule has 1 aliphatic rings. The van der Waals surface area contributed by atoms with Gasteiger partial charge in [-0.05, 0) is 43.6 Å². The highest BCUT2D eigenvalue weighted by Crippen LogP contribution is 2.21. The topological polar surface area (TPSA) is 50.2 Å². The molecular formula is C20H27FN4O. The fourth-order valence-electron chi connectivity index (χ4n) is 3.49. The number of rotatable bonds is 5. The number of nitrogens with one attached hydrogen (secondary N) is 1. The van der Waals surface area contributed by atoms with Gasteiger partial charge in [-0.1, -0.05) is 31.4 Å². The standard InChI is InChI=1S/C20H27FN4O/c1-24-14-11-22-20(24)19(16-7-9-17(21)10-8-16)23-18(26)15-25-12-5-3-2-4-6-13-25/h7-11,14,19H,2-6,12-13,15H2,1H3,(H,23,26). The molecule has 26 heavy (non-hydrogen) atoms. The second-order valence-electron chi connectivity index (χ2n) is 6.99. The van der Waals surface area contributed by atoms with Gasteiger partial charge in [-0.25, -0.2) is 9.37 Å². The molecule has 1 amide bonds. The number of halogens is 1. The van der Waals surface area contributed by atoms with Crippen LogP contribution in [0.3, 0.4) is 0 Å². The number of amides is 1. The number of benzene rings is 1. The first-order valence-electron chi connectivity index (χ1n) is 9.38. The summed E-state index contributed by atoms with van der Waals surface area (Å²) >= 11 is 0. The molecule has 1 atom stereocenters. The third-order valence-electron chi connectivity index (χ3n) is 4.94. The van der Waals surface area contributed by atoms with Crippen molar-refractivity contribution in [1.82, 2.24) is 19.8 Å². The molecule has 1 aromatic heterocycles. The maximum absolute atomic E-state index is 13.3. The number of carbonyl (C=O) groups excluding carboxylic acids is 1. The van der Waals surface area contributed by atoms with Gasteiger partial charge in [0.05, 0.1) is 6.54 Å². The summed E-state index contributed by atoms with van der Waals surface area (Å²) in [5, 5.41) is 3.09. The Kier molecular flexibility index (Phi) is 6.39. The summed E-state index contributed by atoms with van der Waals surface area (Å²) in [4.78, 5) is 19.3. The van der Waals surface area contributed by atoms with E-state index in [-0.39, 0.29) is 11.7 Å². The van der Waals surface area contributed by atoms with Crippen LogP contribution in [-0.4, -0.2) is 40.0 Å². The van der Waals surface area contributed by atoms with Gasteiger partial charge in [0.15, 0.2) is 0 Å². The molecule has 0 saturated carbocycles. The second kappa shape index (κ2) is 8.94. The van der Waals surface area contributed by atoms with E-state index in [4.69, 9.17) is 0 Å². The normalized spacial score (nSPS) is 17.3. The lowest BCUT2D eigenvalue weighted by atomic mass is 10.1. The number of carbonyl (C=O) groups is 1. The summed E-state index contributed by atoms with van der Waals surface area (Å²) in [6.45, 7) is 2.33. The van der Waals surface area contributed by atoms with Gasteiger partial charge >= 0.3 is 0 Å². The number of nitrogens with zero attached hydrogens (tertiary/aromatic N) is 3. The third-order valence-corrected chi connectivity index (χ3v) is 4.94. The van der Waals surface area contributed by atoms with Crippen LogP contribution in [0.25, 0.3) is 0 Å². The summed E-state index contributed by atoms with van der Waals surface area (Å²) < 4.78 is 15.2. The van der Waals surface area contributed by atoms with Gasteiger partial charge in [0.1, 0.15) is 17.7 Å². The molecule has 1 saturated heterocycles. The largest absolute Gasteiger partial charge is 0.341 e. The minimum atomic E-state index is -0.391. The SMILES string of the molecule is Cn1ccnc1C(NC(=O)CN1CCCCCCC1)c1ccc(F)cc1. The lowest BCUT2D eigenvalue weighted by molar-refractivity contribution is -0.122. The van der Waals surface area contributed by atoms with Crippen LogP contribution in [0.2, 0.25) is 0 Å². The molecule has 1 fully saturated rings. The molecule has 0 radical (unpaired) electrons. The molecule has 1 unspecified atom stereocenters. The van der Waals surface area contributed by atoms with Gasteiger partial charge in [0.2, 0.25) is 5.91 Å². The van der Waals surface area contributed by atoms with Crippen molar-refractivity contribution in [2.45, 2.75) is 38.1 Å². The van der Waals surface area contributed by atoms with Crippen LogP contribution in [0.1, 0.15) is 49.5 Å². The van der Waals surface area contributed by atoms with E-state index in [0.29, 0.717) is 6.54 Å². The third kappa shape index (κ3) is 4.91. The zero-order valence-electron chi connectivity index (χ0n) is 15.3. The predicted molar refractivity (Wildman–Crippen MR) is 99.1 cm³/mol. The van der Waals surface area contributed by atoms with Crippen molar-refractivity contribution in [3.8, 4) is 0 Å². The van der Waals surface area contributed by atoms with Crippen molar-refractivity contribution in [3.63, 3.8) is 0 Å². The Morgan fingerprint density at radius 1 is 1.15 bits per heavy atom. The summed E-state index contributed by atoms with van der Waals surface area (Å²) in [6.07, 6.45) is 9.62. The molecule has 1 aromatic carbocycles. The number of hydrogen-bond acceptors (Lipinski definition) is 3. The van der Waals surface area contributed by atoms with E-state index < -0.39 is 6.04 Å². The van der Waals surface area contributed by atoms with Crippen molar-refractivity contribution in [1.29, 1.82) is 0 Å². The zero-order chi connectivity index (χ0) is 18.4. The van der Waals surface area contributed by atoms with Crippen molar-refractivity contribution < 1.29 is 9.18 Å². The first-order chi connectivity index (χ1) is 12.6. The molecule has 2 aromatic rings. The first-order valence-corrected chi connectivity index (χ1v) is 9.38. The van der Waals surface area contributed by atoms with Gasteiger partial charge in [0, 0.05) is 19.4 Å². The van der Waals surface area contributed by atoms with E-state index in [1.54, 1.807) is 18.3 Å². The quantitative estimate of drug-likeness (QED) is 0.894. The van der Waals surface area contributed by atoms with E-state index >= 15 is 0 Å². The van der Waals surface area contributed by atoms with Gasteiger partial charge < -0.3 is 9.88 Å². The molecule has 3 rings (SSSR count). The molecule has 2 heterocycles. The summed E-state index contributed by atoms with van der Waals surface area (Å²) in [6, 6.07) is 5.83. The molecule has 0 spiro atoms. The lowest BCUT2D eigenvalue weighted by Crippen LogP contribution is -2.41. The monoisotopic (exact) mass is 358 g/mol. The highest BCUT2D eigenvalue weighted by Gasteiger charge is 2.22. The fourth-order valence-corrected chi connectivity index (χ4v) is 3.49. The second-order valence-corrected chi connectivity index (χ2v) is 6.99. The van der Waals surface area contributed by atoms with E-state index in [1.165, 1.54) is 31.4 Å². The molecular weight excluding hydrogens is 331 g/mol. The van der Waals surface area contributed by atoms with E-state index in [2.05, 4.69) is 15.2 Å². The van der Waals surface area contributed by atoms with Crippen molar-refractivity contribution in [3.05, 3.63) is 53.9 Å². The number of imidazole rings is 1. The number of hydrogen-bond donors (Lipinski definition) is 1. The summed E-state index contributed by atoms with van der Waals surface area (Å²) in [5.41, 5.74) is 0.821. The first kappa shape index (κ1) is 18.6. The Hall–Kier alpha value is -2.21. The van der Waals surface area contributed by atoms with Crippen LogP contribution in [-0.2, 0) is 11.8 Å². The molecule has 140 valence electrons. The number of aryl methyl sites for hydroxylation is 1. The van der Waals surface area contributed by atoms with E-state index in [0.717, 1.165) is 37.3 Å². The number of aromatic nitrogens is 2. The molecule has 0 aliphatic carbocycles. The zero-order valence-corrected chi connectivity index (χ0v) is 15.3. The summed E-state index contributed by atoms with van der Waals surface area (Å²) in [5.74, 6) is 0.417. The molecule has 5 nitrogen and oxygen atoms in total.